The van der Waals surface area contributed by atoms with E-state index in [1.165, 1.54) is 16.0 Å². The molecule has 2 aromatic heterocycles. The Kier molecular flexibility index (Phi) is 6.37. The van der Waals surface area contributed by atoms with Gasteiger partial charge in [-0.1, -0.05) is 44.2 Å². The van der Waals surface area contributed by atoms with E-state index in [1.54, 1.807) is 22.2 Å². The quantitative estimate of drug-likeness (QED) is 0.579. The van der Waals surface area contributed by atoms with Crippen molar-refractivity contribution in [2.45, 2.75) is 58.5 Å². The molecule has 2 heterocycles. The summed E-state index contributed by atoms with van der Waals surface area (Å²) < 4.78 is 1.78. The minimum Gasteiger partial charge on any atom is -0.396 e. The number of rotatable bonds is 8. The summed E-state index contributed by atoms with van der Waals surface area (Å²) in [5, 5.41) is 13.9. The van der Waals surface area contributed by atoms with Gasteiger partial charge in [0.2, 0.25) is 0 Å². The van der Waals surface area contributed by atoms with Gasteiger partial charge < -0.3 is 10.4 Å². The Balaban J connectivity index is 1.46. The Morgan fingerprint density at radius 3 is 2.87 bits per heavy atom. The zero-order valence-corrected chi connectivity index (χ0v) is 18.7. The number of hydrogen-bond acceptors (Lipinski definition) is 5. The summed E-state index contributed by atoms with van der Waals surface area (Å²) in [7, 11) is 0. The van der Waals surface area contributed by atoms with Crippen molar-refractivity contribution in [1.29, 1.82) is 0 Å². The second-order valence-corrected chi connectivity index (χ2v) is 10.2. The molecule has 0 amide bonds. The lowest BCUT2D eigenvalue weighted by Gasteiger charge is -2.28. The van der Waals surface area contributed by atoms with Crippen molar-refractivity contribution in [2.24, 2.45) is 5.41 Å². The van der Waals surface area contributed by atoms with Gasteiger partial charge in [-0.15, -0.1) is 11.3 Å². The molecule has 1 aliphatic carbocycles. The molecule has 0 fully saturated rings. The third-order valence-corrected chi connectivity index (χ3v) is 7.20. The molecule has 30 heavy (non-hydrogen) atoms. The molecule has 1 aromatic carbocycles. The fourth-order valence-electron chi connectivity index (χ4n) is 4.11. The average Bonchev–Trinajstić information content (AvgIpc) is 3.13. The van der Waals surface area contributed by atoms with Crippen LogP contribution in [0.4, 0.5) is 0 Å². The van der Waals surface area contributed by atoms with Crippen molar-refractivity contribution in [3.8, 4) is 0 Å². The van der Waals surface area contributed by atoms with Crippen molar-refractivity contribution in [3.63, 3.8) is 0 Å². The number of nitrogens with zero attached hydrogens (tertiary/aromatic N) is 2. The first-order valence-electron chi connectivity index (χ1n) is 10.8. The minimum absolute atomic E-state index is 0.110. The Morgan fingerprint density at radius 2 is 2.10 bits per heavy atom. The maximum Gasteiger partial charge on any atom is 0.262 e. The van der Waals surface area contributed by atoms with E-state index < -0.39 is 0 Å². The molecule has 0 radical (unpaired) electrons. The van der Waals surface area contributed by atoms with Crippen molar-refractivity contribution in [3.05, 3.63) is 63.0 Å². The predicted octanol–water partition coefficient (Wildman–Crippen LogP) is 3.56. The van der Waals surface area contributed by atoms with Crippen LogP contribution in [-0.4, -0.2) is 33.9 Å². The van der Waals surface area contributed by atoms with Crippen LogP contribution < -0.4 is 10.9 Å². The summed E-state index contributed by atoms with van der Waals surface area (Å²) in [6, 6.07) is 10.8. The number of aryl methyl sites for hydroxylation is 3. The number of thiophene rings is 1. The summed E-state index contributed by atoms with van der Waals surface area (Å²) in [4.78, 5) is 20.0. The number of aliphatic hydroxyl groups excluding tert-OH is 1. The van der Waals surface area contributed by atoms with Gasteiger partial charge in [0.15, 0.2) is 0 Å². The molecule has 4 rings (SSSR count). The van der Waals surface area contributed by atoms with Gasteiger partial charge in [0.25, 0.3) is 5.56 Å². The summed E-state index contributed by atoms with van der Waals surface area (Å²) in [5.41, 5.74) is 2.51. The first-order valence-corrected chi connectivity index (χ1v) is 11.7. The number of benzene rings is 1. The predicted molar refractivity (Wildman–Crippen MR) is 123 cm³/mol. The van der Waals surface area contributed by atoms with E-state index in [-0.39, 0.29) is 17.6 Å². The van der Waals surface area contributed by atoms with Crippen LogP contribution in [0, 0.1) is 5.41 Å². The van der Waals surface area contributed by atoms with Gasteiger partial charge >= 0.3 is 0 Å². The Labute approximate surface area is 181 Å². The van der Waals surface area contributed by atoms with Crippen LogP contribution >= 0.6 is 11.3 Å². The molecule has 1 aliphatic rings. The molecule has 1 unspecified atom stereocenters. The summed E-state index contributed by atoms with van der Waals surface area (Å²) in [6.45, 7) is 5.80. The number of nitrogens with one attached hydrogen (secondary N) is 1. The molecule has 3 aromatic rings. The fraction of sp³-hybridized carbons (Fsp3) is 0.500. The third-order valence-electron chi connectivity index (χ3n) is 6.04. The lowest BCUT2D eigenvalue weighted by Crippen LogP contribution is -2.41. The molecule has 0 saturated carbocycles. The molecule has 0 saturated heterocycles. The van der Waals surface area contributed by atoms with Gasteiger partial charge in [0, 0.05) is 36.0 Å². The van der Waals surface area contributed by atoms with Gasteiger partial charge in [0.1, 0.15) is 4.83 Å². The van der Waals surface area contributed by atoms with Crippen LogP contribution in [0.25, 0.3) is 10.2 Å². The van der Waals surface area contributed by atoms with Gasteiger partial charge in [-0.3, -0.25) is 9.36 Å². The molecule has 0 bridgehead atoms. The Bertz CT molecular complexity index is 1060. The van der Waals surface area contributed by atoms with Crippen LogP contribution in [0.15, 0.2) is 41.5 Å². The molecular formula is C24H31N3O2S. The zero-order valence-electron chi connectivity index (χ0n) is 17.9. The molecule has 160 valence electrons. The van der Waals surface area contributed by atoms with Crippen LogP contribution in [0.1, 0.15) is 42.7 Å². The van der Waals surface area contributed by atoms with Crippen LogP contribution in [0.2, 0.25) is 0 Å². The van der Waals surface area contributed by atoms with Gasteiger partial charge in [-0.05, 0) is 43.2 Å². The summed E-state index contributed by atoms with van der Waals surface area (Å²) >= 11 is 1.67. The smallest absolute Gasteiger partial charge is 0.262 e. The maximum atomic E-state index is 13.2. The molecule has 1 atom stereocenters. The monoisotopic (exact) mass is 425 g/mol. The highest BCUT2D eigenvalue weighted by molar-refractivity contribution is 7.18. The number of aromatic nitrogens is 2. The third kappa shape index (κ3) is 4.66. The summed E-state index contributed by atoms with van der Waals surface area (Å²) in [6.07, 6.45) is 6.48. The Hall–Kier alpha value is -2.02. The van der Waals surface area contributed by atoms with E-state index in [2.05, 4.69) is 48.4 Å². The lowest BCUT2D eigenvalue weighted by molar-refractivity contribution is 0.152. The summed E-state index contributed by atoms with van der Waals surface area (Å²) in [5.74, 6) is 0. The van der Waals surface area contributed by atoms with E-state index in [4.69, 9.17) is 0 Å². The van der Waals surface area contributed by atoms with E-state index in [9.17, 15) is 9.90 Å². The van der Waals surface area contributed by atoms with Crippen LogP contribution in [-0.2, 0) is 25.8 Å². The second-order valence-electron chi connectivity index (χ2n) is 9.16. The highest BCUT2D eigenvalue weighted by Crippen LogP contribution is 2.33. The van der Waals surface area contributed by atoms with E-state index >= 15 is 0 Å². The Morgan fingerprint density at radius 1 is 1.30 bits per heavy atom. The molecule has 6 heteroatoms. The van der Waals surface area contributed by atoms with Crippen LogP contribution in [0.3, 0.4) is 0 Å². The number of aliphatic hydroxyl groups is 1. The van der Waals surface area contributed by atoms with Crippen molar-refractivity contribution >= 4 is 21.6 Å². The molecule has 5 nitrogen and oxygen atoms in total. The normalized spacial score (nSPS) is 16.7. The second kappa shape index (κ2) is 9.00. The van der Waals surface area contributed by atoms with Crippen molar-refractivity contribution < 1.29 is 5.11 Å². The van der Waals surface area contributed by atoms with Gasteiger partial charge in [-0.25, -0.2) is 4.98 Å². The lowest BCUT2D eigenvalue weighted by atomic mass is 9.90. The van der Waals surface area contributed by atoms with Crippen LogP contribution in [0.5, 0.6) is 0 Å². The average molecular weight is 426 g/mol. The minimum atomic E-state index is -0.116. The van der Waals surface area contributed by atoms with Gasteiger partial charge in [0.05, 0.1) is 11.7 Å². The fourth-order valence-corrected chi connectivity index (χ4v) is 5.37. The standard InChI is InChI=1S/C24H31N3O2S/c1-24(2,15-28)14-25-18-10-11-19-20(13-18)30-22-21(19)23(29)27(16-26-22)12-6-9-17-7-4-3-5-8-17/h3-5,7-8,16,18,25,28H,6,9-15H2,1-2H3. The van der Waals surface area contributed by atoms with E-state index in [0.29, 0.717) is 12.6 Å². The van der Waals surface area contributed by atoms with E-state index in [1.807, 2.05) is 6.07 Å². The number of fused-ring (bicyclic) bond motifs is 3. The first kappa shape index (κ1) is 21.2. The highest BCUT2D eigenvalue weighted by atomic mass is 32.1. The number of hydrogen-bond donors (Lipinski definition) is 2. The van der Waals surface area contributed by atoms with Crippen molar-refractivity contribution in [2.75, 3.05) is 13.2 Å². The molecule has 0 spiro atoms. The maximum absolute atomic E-state index is 13.2. The van der Waals surface area contributed by atoms with E-state index in [0.717, 1.165) is 48.9 Å². The topological polar surface area (TPSA) is 67.2 Å². The molecule has 0 aliphatic heterocycles. The largest absolute Gasteiger partial charge is 0.396 e. The van der Waals surface area contributed by atoms with Crippen molar-refractivity contribution in [1.82, 2.24) is 14.9 Å². The van der Waals surface area contributed by atoms with Gasteiger partial charge in [-0.2, -0.15) is 0 Å². The highest BCUT2D eigenvalue weighted by Gasteiger charge is 2.26. The first-order chi connectivity index (χ1) is 14.5. The SMILES string of the molecule is CC(C)(CO)CNC1CCc2c(sc3ncn(CCCc4ccccc4)c(=O)c23)C1. The zero-order chi connectivity index (χ0) is 21.1. The molecule has 2 N–H and O–H groups in total. The molecular weight excluding hydrogens is 394 g/mol.